The number of hydrogen-bond acceptors (Lipinski definition) is 3. The Kier molecular flexibility index (Phi) is 3.88. The van der Waals surface area contributed by atoms with Gasteiger partial charge >= 0.3 is 0 Å². The average molecular weight is 212 g/mol. The van der Waals surface area contributed by atoms with Crippen LogP contribution in [-0.4, -0.2) is 43.2 Å². The summed E-state index contributed by atoms with van der Waals surface area (Å²) in [6, 6.07) is -0.205. The van der Waals surface area contributed by atoms with Gasteiger partial charge in [-0.2, -0.15) is 0 Å². The quantitative estimate of drug-likeness (QED) is 0.686. The number of rotatable bonds is 4. The third-order valence-corrected chi connectivity index (χ3v) is 3.02. The van der Waals surface area contributed by atoms with Crippen molar-refractivity contribution >= 4 is 5.91 Å². The Bertz CT molecular complexity index is 255. The van der Waals surface area contributed by atoms with Crippen molar-refractivity contribution in [1.29, 1.82) is 0 Å². The first kappa shape index (κ1) is 12.2. The molecule has 2 atom stereocenters. The van der Waals surface area contributed by atoms with E-state index in [9.17, 15) is 4.79 Å². The summed E-state index contributed by atoms with van der Waals surface area (Å²) in [5.41, 5.74) is 5.33. The Balaban J connectivity index is 2.76. The van der Waals surface area contributed by atoms with Crippen LogP contribution in [0.1, 0.15) is 13.8 Å². The highest BCUT2D eigenvalue weighted by Gasteiger charge is 2.45. The fraction of sp³-hybridized carbons (Fsp3) is 0.727. The fourth-order valence-corrected chi connectivity index (χ4v) is 1.78. The lowest BCUT2D eigenvalue weighted by Crippen LogP contribution is -2.51. The molecule has 1 fully saturated rings. The van der Waals surface area contributed by atoms with Crippen LogP contribution in [0, 0.1) is 5.41 Å². The predicted molar refractivity (Wildman–Crippen MR) is 59.4 cm³/mol. The highest BCUT2D eigenvalue weighted by atomic mass is 16.5. The van der Waals surface area contributed by atoms with Gasteiger partial charge in [0.2, 0.25) is 5.91 Å². The zero-order valence-corrected chi connectivity index (χ0v) is 9.53. The lowest BCUT2D eigenvalue weighted by Gasteiger charge is -2.31. The van der Waals surface area contributed by atoms with Gasteiger partial charge in [0.05, 0.1) is 18.6 Å². The number of hydrogen-bond donors (Lipinski definition) is 1. The molecule has 1 rings (SSSR count). The van der Waals surface area contributed by atoms with Crippen LogP contribution < -0.4 is 5.73 Å². The maximum absolute atomic E-state index is 12.2. The molecule has 2 unspecified atom stereocenters. The van der Waals surface area contributed by atoms with Crippen molar-refractivity contribution in [3.63, 3.8) is 0 Å². The number of ether oxygens (including phenoxy) is 1. The van der Waals surface area contributed by atoms with Crippen LogP contribution in [0.15, 0.2) is 12.7 Å². The van der Waals surface area contributed by atoms with E-state index in [1.807, 2.05) is 13.8 Å². The standard InChI is InChI=1S/C11H20N2O2/c1-4-6-13(5-2)10(14)11(3)8-15-7-9(11)12/h4,9H,1,5-8,12H2,2-3H3. The topological polar surface area (TPSA) is 55.6 Å². The molecule has 4 nitrogen and oxygen atoms in total. The lowest BCUT2D eigenvalue weighted by molar-refractivity contribution is -0.141. The summed E-state index contributed by atoms with van der Waals surface area (Å²) in [6.07, 6.45) is 1.73. The van der Waals surface area contributed by atoms with Crippen molar-refractivity contribution in [1.82, 2.24) is 4.90 Å². The average Bonchev–Trinajstić information content (AvgIpc) is 2.56. The minimum absolute atomic E-state index is 0.0647. The molecule has 4 heteroatoms. The van der Waals surface area contributed by atoms with Crippen molar-refractivity contribution in [2.24, 2.45) is 11.1 Å². The molecule has 15 heavy (non-hydrogen) atoms. The smallest absolute Gasteiger partial charge is 0.232 e. The van der Waals surface area contributed by atoms with Gasteiger partial charge in [0.1, 0.15) is 0 Å². The molecule has 0 aromatic carbocycles. The maximum atomic E-state index is 12.2. The summed E-state index contributed by atoms with van der Waals surface area (Å²) in [6.45, 7) is 9.59. The van der Waals surface area contributed by atoms with Crippen molar-refractivity contribution in [2.75, 3.05) is 26.3 Å². The minimum atomic E-state index is -0.570. The highest BCUT2D eigenvalue weighted by Crippen LogP contribution is 2.29. The van der Waals surface area contributed by atoms with Crippen molar-refractivity contribution < 1.29 is 9.53 Å². The zero-order chi connectivity index (χ0) is 11.5. The molecule has 0 bridgehead atoms. The SMILES string of the molecule is C=CCN(CC)C(=O)C1(C)COCC1N. The summed E-state index contributed by atoms with van der Waals surface area (Å²) < 4.78 is 5.27. The van der Waals surface area contributed by atoms with E-state index in [-0.39, 0.29) is 11.9 Å². The second-order valence-corrected chi connectivity index (χ2v) is 4.17. The van der Waals surface area contributed by atoms with E-state index >= 15 is 0 Å². The largest absolute Gasteiger partial charge is 0.379 e. The highest BCUT2D eigenvalue weighted by molar-refractivity contribution is 5.83. The molecule has 0 radical (unpaired) electrons. The van der Waals surface area contributed by atoms with E-state index in [4.69, 9.17) is 10.5 Å². The lowest BCUT2D eigenvalue weighted by atomic mass is 9.84. The van der Waals surface area contributed by atoms with Gasteiger partial charge in [0.25, 0.3) is 0 Å². The molecule has 1 saturated heterocycles. The van der Waals surface area contributed by atoms with Crippen LogP contribution in [0.5, 0.6) is 0 Å². The summed E-state index contributed by atoms with van der Waals surface area (Å²) in [4.78, 5) is 14.0. The third kappa shape index (κ3) is 2.21. The molecule has 86 valence electrons. The Labute approximate surface area is 91.1 Å². The third-order valence-electron chi connectivity index (χ3n) is 3.02. The molecule has 0 aromatic rings. The summed E-state index contributed by atoms with van der Waals surface area (Å²) in [7, 11) is 0. The molecule has 0 aromatic heterocycles. The predicted octanol–water partition coefficient (Wildman–Crippen LogP) is 0.385. The number of amides is 1. The fourth-order valence-electron chi connectivity index (χ4n) is 1.78. The summed E-state index contributed by atoms with van der Waals surface area (Å²) >= 11 is 0. The Morgan fingerprint density at radius 2 is 2.47 bits per heavy atom. The van der Waals surface area contributed by atoms with Crippen LogP contribution >= 0.6 is 0 Å². The van der Waals surface area contributed by atoms with Crippen LogP contribution in [-0.2, 0) is 9.53 Å². The molecule has 1 aliphatic rings. The normalized spacial score (nSPS) is 30.2. The van der Waals surface area contributed by atoms with Crippen molar-refractivity contribution in [3.05, 3.63) is 12.7 Å². The molecule has 1 aliphatic heterocycles. The van der Waals surface area contributed by atoms with Crippen LogP contribution in [0.3, 0.4) is 0 Å². The van der Waals surface area contributed by atoms with E-state index in [0.717, 1.165) is 0 Å². The number of carbonyl (C=O) groups is 1. The van der Waals surface area contributed by atoms with Gasteiger partial charge in [-0.25, -0.2) is 0 Å². The first-order valence-electron chi connectivity index (χ1n) is 5.29. The van der Waals surface area contributed by atoms with Gasteiger partial charge < -0.3 is 15.4 Å². The molecule has 1 amide bonds. The second kappa shape index (κ2) is 4.77. The van der Waals surface area contributed by atoms with Crippen LogP contribution in [0.25, 0.3) is 0 Å². The van der Waals surface area contributed by atoms with Crippen LogP contribution in [0.4, 0.5) is 0 Å². The van der Waals surface area contributed by atoms with Gasteiger partial charge in [-0.3, -0.25) is 4.79 Å². The minimum Gasteiger partial charge on any atom is -0.379 e. The molecular formula is C11H20N2O2. The zero-order valence-electron chi connectivity index (χ0n) is 9.53. The van der Waals surface area contributed by atoms with E-state index in [2.05, 4.69) is 6.58 Å². The number of likely N-dealkylation sites (N-methyl/N-ethyl adjacent to an activating group) is 1. The maximum Gasteiger partial charge on any atom is 0.232 e. The van der Waals surface area contributed by atoms with Gasteiger partial charge in [0, 0.05) is 19.1 Å². The first-order chi connectivity index (χ1) is 7.06. The second-order valence-electron chi connectivity index (χ2n) is 4.17. The first-order valence-corrected chi connectivity index (χ1v) is 5.29. The van der Waals surface area contributed by atoms with E-state index < -0.39 is 5.41 Å². The number of nitrogens with two attached hydrogens (primary N) is 1. The van der Waals surface area contributed by atoms with Crippen LogP contribution in [0.2, 0.25) is 0 Å². The number of carbonyl (C=O) groups excluding carboxylic acids is 1. The van der Waals surface area contributed by atoms with Crippen molar-refractivity contribution in [2.45, 2.75) is 19.9 Å². The molecule has 1 heterocycles. The van der Waals surface area contributed by atoms with Gasteiger partial charge in [-0.05, 0) is 13.8 Å². The van der Waals surface area contributed by atoms with E-state index in [1.54, 1.807) is 11.0 Å². The molecule has 0 aliphatic carbocycles. The van der Waals surface area contributed by atoms with E-state index in [1.165, 1.54) is 0 Å². The Hall–Kier alpha value is -0.870. The summed E-state index contributed by atoms with van der Waals surface area (Å²) in [5.74, 6) is 0.0647. The van der Waals surface area contributed by atoms with Gasteiger partial charge in [-0.15, -0.1) is 6.58 Å². The monoisotopic (exact) mass is 212 g/mol. The number of nitrogens with zero attached hydrogens (tertiary/aromatic N) is 1. The molecular weight excluding hydrogens is 192 g/mol. The summed E-state index contributed by atoms with van der Waals surface area (Å²) in [5, 5.41) is 0. The Morgan fingerprint density at radius 1 is 1.80 bits per heavy atom. The molecule has 0 saturated carbocycles. The van der Waals surface area contributed by atoms with E-state index in [0.29, 0.717) is 26.3 Å². The van der Waals surface area contributed by atoms with Crippen molar-refractivity contribution in [3.8, 4) is 0 Å². The van der Waals surface area contributed by atoms with Gasteiger partial charge in [0.15, 0.2) is 0 Å². The Morgan fingerprint density at radius 3 is 2.87 bits per heavy atom. The van der Waals surface area contributed by atoms with Gasteiger partial charge in [-0.1, -0.05) is 6.08 Å². The molecule has 0 spiro atoms. The molecule has 2 N–H and O–H groups in total.